The van der Waals surface area contributed by atoms with Gasteiger partial charge >= 0.3 is 10.3 Å². The second-order valence-electron chi connectivity index (χ2n) is 7.21. The second-order valence-corrected chi connectivity index (χ2v) is 8.97. The first-order valence-corrected chi connectivity index (χ1v) is 11.3. The summed E-state index contributed by atoms with van der Waals surface area (Å²) in [6, 6.07) is 4.46. The number of benzene rings is 1. The topological polar surface area (TPSA) is 192 Å². The van der Waals surface area contributed by atoms with E-state index in [4.69, 9.17) is 26.3 Å². The summed E-state index contributed by atoms with van der Waals surface area (Å²) in [5.74, 6) is -0.827. The molecule has 15 heteroatoms. The highest BCUT2D eigenvalue weighted by Gasteiger charge is 2.45. The average Bonchev–Trinajstić information content (AvgIpc) is 3.31. The summed E-state index contributed by atoms with van der Waals surface area (Å²) >= 11 is 5.96. The van der Waals surface area contributed by atoms with Crippen LogP contribution in [0.1, 0.15) is 22.1 Å². The lowest BCUT2D eigenvalue weighted by molar-refractivity contribution is -0.0468. The monoisotopic (exact) mass is 498 g/mol. The summed E-state index contributed by atoms with van der Waals surface area (Å²) in [7, 11) is -4.57. The number of aromatic nitrogens is 4. The Kier molecular flexibility index (Phi) is 6.22. The molecule has 0 radical (unpaired) electrons. The third kappa shape index (κ3) is 4.48. The number of ether oxygens (including phenoxy) is 1. The fourth-order valence-corrected chi connectivity index (χ4v) is 4.24. The second kappa shape index (κ2) is 8.81. The van der Waals surface area contributed by atoms with Crippen molar-refractivity contribution < 1.29 is 32.3 Å². The first kappa shape index (κ1) is 23.3. The fourth-order valence-electron chi connectivity index (χ4n) is 3.36. The summed E-state index contributed by atoms with van der Waals surface area (Å²) in [5, 5.41) is 21.1. The molecule has 0 aliphatic carbocycles. The maximum atomic E-state index is 12.3. The van der Waals surface area contributed by atoms with Crippen LogP contribution in [0.4, 0.5) is 5.82 Å². The van der Waals surface area contributed by atoms with Gasteiger partial charge in [0.2, 0.25) is 0 Å². The van der Waals surface area contributed by atoms with Crippen LogP contribution >= 0.6 is 11.6 Å². The van der Waals surface area contributed by atoms with Gasteiger partial charge in [0.15, 0.2) is 17.7 Å². The summed E-state index contributed by atoms with van der Waals surface area (Å²) in [4.78, 5) is 24.2. The van der Waals surface area contributed by atoms with E-state index in [2.05, 4.69) is 15.0 Å². The number of carbonyl (C=O) groups is 1. The van der Waals surface area contributed by atoms with Crippen LogP contribution < -0.4 is 10.5 Å². The molecule has 1 saturated heterocycles. The van der Waals surface area contributed by atoms with Crippen molar-refractivity contribution in [3.05, 3.63) is 47.0 Å². The van der Waals surface area contributed by atoms with Gasteiger partial charge in [-0.3, -0.25) is 13.5 Å². The lowest BCUT2D eigenvalue weighted by atomic mass is 10.1. The molecule has 176 valence electrons. The number of aliphatic hydroxyl groups is 2. The van der Waals surface area contributed by atoms with Gasteiger partial charge in [-0.25, -0.2) is 19.7 Å². The van der Waals surface area contributed by atoms with Gasteiger partial charge in [-0.15, -0.1) is 0 Å². The highest BCUT2D eigenvalue weighted by Crippen LogP contribution is 2.32. The number of nitrogens with two attached hydrogens (primary N) is 1. The van der Waals surface area contributed by atoms with Crippen LogP contribution in [0.3, 0.4) is 0 Å². The number of hydrogen-bond donors (Lipinski definition) is 4. The van der Waals surface area contributed by atoms with E-state index in [1.807, 2.05) is 0 Å². The van der Waals surface area contributed by atoms with Crippen LogP contribution in [0.2, 0.25) is 5.02 Å². The number of nitrogens with one attached hydrogen (secondary N) is 1. The van der Waals surface area contributed by atoms with E-state index < -0.39 is 47.4 Å². The molecule has 3 aromatic rings. The molecule has 1 aromatic carbocycles. The first-order valence-electron chi connectivity index (χ1n) is 9.50. The van der Waals surface area contributed by atoms with E-state index in [0.717, 1.165) is 0 Å². The predicted molar refractivity (Wildman–Crippen MR) is 114 cm³/mol. The molecular weight excluding hydrogens is 480 g/mol. The third-order valence-electron chi connectivity index (χ3n) is 5.12. The summed E-state index contributed by atoms with van der Waals surface area (Å²) < 4.78 is 38.0. The van der Waals surface area contributed by atoms with Crippen molar-refractivity contribution in [3.8, 4) is 0 Å². The van der Waals surface area contributed by atoms with Gasteiger partial charge in [-0.2, -0.15) is 8.42 Å². The van der Waals surface area contributed by atoms with E-state index in [-0.39, 0.29) is 22.5 Å². The van der Waals surface area contributed by atoms with Gasteiger partial charge < -0.3 is 20.7 Å². The fraction of sp³-hybridized carbons (Fsp3) is 0.333. The lowest BCUT2D eigenvalue weighted by Gasteiger charge is -2.16. The number of anilines is 1. The van der Waals surface area contributed by atoms with Gasteiger partial charge in [-0.05, 0) is 24.6 Å². The quantitative estimate of drug-likeness (QED) is 0.348. The van der Waals surface area contributed by atoms with Crippen LogP contribution in [0.25, 0.3) is 11.2 Å². The molecule has 4 rings (SSSR count). The van der Waals surface area contributed by atoms with Gasteiger partial charge in [0.1, 0.15) is 30.2 Å². The van der Waals surface area contributed by atoms with Gasteiger partial charge in [0.05, 0.1) is 12.9 Å². The SMILES string of the molecule is Cc1c(Cl)cccc1C(=O)NS(=O)(=O)OC[C@H]1O[C@@H](n2cnc3c(N)ncnc32)[C@H](O)[C@@H]1O. The Labute approximate surface area is 192 Å². The smallest absolute Gasteiger partial charge is 0.362 e. The Balaban J connectivity index is 1.44. The first-order chi connectivity index (χ1) is 15.6. The molecular formula is C18H19ClN6O7S. The number of nitrogen functional groups attached to an aromatic ring is 1. The normalized spacial score (nSPS) is 23.2. The molecule has 0 bridgehead atoms. The van der Waals surface area contributed by atoms with E-state index in [1.54, 1.807) is 17.7 Å². The van der Waals surface area contributed by atoms with E-state index in [1.165, 1.54) is 29.4 Å². The van der Waals surface area contributed by atoms with Crippen molar-refractivity contribution in [2.45, 2.75) is 31.5 Å². The Morgan fingerprint density at radius 3 is 2.82 bits per heavy atom. The number of amides is 1. The molecule has 3 heterocycles. The molecule has 1 aliphatic heterocycles. The number of imidazole rings is 1. The molecule has 4 atom stereocenters. The van der Waals surface area contributed by atoms with Crippen LogP contribution in [0.5, 0.6) is 0 Å². The summed E-state index contributed by atoms with van der Waals surface area (Å²) in [5.41, 5.74) is 6.70. The maximum Gasteiger partial charge on any atom is 0.362 e. The van der Waals surface area contributed by atoms with Crippen molar-refractivity contribution in [1.29, 1.82) is 0 Å². The number of carbonyl (C=O) groups excluding carboxylic acids is 1. The standard InChI is InChI=1S/C18H19ClN6O7S/c1-8-9(3-2-4-10(8)19)17(28)24-33(29,30)31-5-11-13(26)14(27)18(32-11)25-7-23-12-15(20)21-6-22-16(12)25/h2-4,6-7,11,13-14,18,26-27H,5H2,1H3,(H,24,28)(H2,20,21,22)/t11-,13-,14-,18-/m1/s1. The molecule has 1 fully saturated rings. The zero-order chi connectivity index (χ0) is 23.9. The number of halogens is 1. The zero-order valence-electron chi connectivity index (χ0n) is 17.0. The van der Waals surface area contributed by atoms with Crippen LogP contribution in [-0.4, -0.2) is 69.0 Å². The summed E-state index contributed by atoms with van der Waals surface area (Å²) in [6.45, 7) is 0.878. The van der Waals surface area contributed by atoms with E-state index in [9.17, 15) is 23.4 Å². The zero-order valence-corrected chi connectivity index (χ0v) is 18.6. The third-order valence-corrected chi connectivity index (χ3v) is 6.41. The Morgan fingerprint density at radius 2 is 2.06 bits per heavy atom. The average molecular weight is 499 g/mol. The minimum Gasteiger partial charge on any atom is -0.387 e. The minimum atomic E-state index is -4.57. The molecule has 5 N–H and O–H groups in total. The number of rotatable bonds is 6. The number of nitrogens with zero attached hydrogens (tertiary/aromatic N) is 4. The number of fused-ring (bicyclic) bond motifs is 1. The maximum absolute atomic E-state index is 12.3. The van der Waals surface area contributed by atoms with Gasteiger partial charge in [-0.1, -0.05) is 17.7 Å². The molecule has 13 nitrogen and oxygen atoms in total. The molecule has 33 heavy (non-hydrogen) atoms. The number of aliphatic hydroxyl groups excluding tert-OH is 2. The van der Waals surface area contributed by atoms with Crippen LogP contribution in [0, 0.1) is 6.92 Å². The van der Waals surface area contributed by atoms with Crippen molar-refractivity contribution in [1.82, 2.24) is 24.2 Å². The predicted octanol–water partition coefficient (Wildman–Crippen LogP) is -0.319. The number of hydrogen-bond acceptors (Lipinski definition) is 11. The summed E-state index contributed by atoms with van der Waals surface area (Å²) in [6.07, 6.45) is -2.87. The van der Waals surface area contributed by atoms with Crippen molar-refractivity contribution in [3.63, 3.8) is 0 Å². The van der Waals surface area contributed by atoms with Crippen molar-refractivity contribution >= 4 is 44.8 Å². The van der Waals surface area contributed by atoms with Crippen molar-refractivity contribution in [2.75, 3.05) is 12.3 Å². The van der Waals surface area contributed by atoms with Crippen LogP contribution in [-0.2, 0) is 19.2 Å². The highest BCUT2D eigenvalue weighted by molar-refractivity contribution is 7.85. The van der Waals surface area contributed by atoms with Gasteiger partial charge in [0.25, 0.3) is 5.91 Å². The van der Waals surface area contributed by atoms with Gasteiger partial charge in [0, 0.05) is 10.6 Å². The molecule has 0 saturated carbocycles. The molecule has 2 aromatic heterocycles. The molecule has 0 spiro atoms. The Morgan fingerprint density at radius 1 is 1.30 bits per heavy atom. The van der Waals surface area contributed by atoms with E-state index >= 15 is 0 Å². The molecule has 0 unspecified atom stereocenters. The van der Waals surface area contributed by atoms with Crippen LogP contribution in [0.15, 0.2) is 30.9 Å². The van der Waals surface area contributed by atoms with Crippen molar-refractivity contribution in [2.24, 2.45) is 0 Å². The minimum absolute atomic E-state index is 0.0514. The molecule has 1 amide bonds. The van der Waals surface area contributed by atoms with E-state index in [0.29, 0.717) is 10.6 Å². The Hall–Kier alpha value is -2.88. The highest BCUT2D eigenvalue weighted by atomic mass is 35.5. The largest absolute Gasteiger partial charge is 0.387 e. The lowest BCUT2D eigenvalue weighted by Crippen LogP contribution is -2.38. The molecule has 1 aliphatic rings. The Bertz CT molecular complexity index is 1320.